The van der Waals surface area contributed by atoms with Gasteiger partial charge < -0.3 is 10.5 Å². The molecule has 1 heterocycles. The van der Waals surface area contributed by atoms with Gasteiger partial charge >= 0.3 is 0 Å². The van der Waals surface area contributed by atoms with E-state index in [4.69, 9.17) is 22.1 Å². The van der Waals surface area contributed by atoms with E-state index in [0.717, 1.165) is 5.56 Å². The van der Waals surface area contributed by atoms with Crippen LogP contribution >= 0.6 is 11.6 Å². The van der Waals surface area contributed by atoms with E-state index in [2.05, 4.69) is 0 Å². The first-order valence-electron chi connectivity index (χ1n) is 5.63. The molecule has 17 heavy (non-hydrogen) atoms. The van der Waals surface area contributed by atoms with Crippen molar-refractivity contribution in [1.29, 1.82) is 0 Å². The molecule has 1 aromatic carbocycles. The number of benzene rings is 1. The fraction of sp³-hybridized carbons (Fsp3) is 0.462. The van der Waals surface area contributed by atoms with E-state index in [-0.39, 0.29) is 11.8 Å². The van der Waals surface area contributed by atoms with Crippen molar-refractivity contribution >= 4 is 17.4 Å². The van der Waals surface area contributed by atoms with E-state index in [1.807, 2.05) is 25.1 Å². The standard InChI is InChI=1S/C13H16ClNO2/c1-13(8-17-7-11(13)15)12(16)6-9-3-2-4-10(14)5-9/h2-5,11H,6-8,15H2,1H3. The topological polar surface area (TPSA) is 52.3 Å². The van der Waals surface area contributed by atoms with Crippen LogP contribution in [0.1, 0.15) is 12.5 Å². The summed E-state index contributed by atoms with van der Waals surface area (Å²) in [5.74, 6) is 0.116. The minimum atomic E-state index is -0.567. The fourth-order valence-electron chi connectivity index (χ4n) is 2.01. The minimum absolute atomic E-state index is 0.116. The zero-order valence-corrected chi connectivity index (χ0v) is 10.5. The van der Waals surface area contributed by atoms with Gasteiger partial charge in [-0.05, 0) is 24.6 Å². The van der Waals surface area contributed by atoms with Crippen molar-refractivity contribution in [1.82, 2.24) is 0 Å². The maximum absolute atomic E-state index is 12.3. The van der Waals surface area contributed by atoms with E-state index >= 15 is 0 Å². The van der Waals surface area contributed by atoms with Crippen LogP contribution in [-0.2, 0) is 16.0 Å². The number of halogens is 1. The molecule has 0 radical (unpaired) electrons. The van der Waals surface area contributed by atoms with Gasteiger partial charge in [-0.1, -0.05) is 23.7 Å². The minimum Gasteiger partial charge on any atom is -0.379 e. The van der Waals surface area contributed by atoms with E-state index in [1.54, 1.807) is 6.07 Å². The van der Waals surface area contributed by atoms with Crippen molar-refractivity contribution in [2.45, 2.75) is 19.4 Å². The zero-order valence-electron chi connectivity index (χ0n) is 9.78. The smallest absolute Gasteiger partial charge is 0.147 e. The zero-order chi connectivity index (χ0) is 12.5. The summed E-state index contributed by atoms with van der Waals surface area (Å²) in [7, 11) is 0. The monoisotopic (exact) mass is 253 g/mol. The normalized spacial score (nSPS) is 28.3. The molecule has 3 nitrogen and oxygen atoms in total. The highest BCUT2D eigenvalue weighted by Crippen LogP contribution is 2.29. The number of ether oxygens (including phenoxy) is 1. The number of nitrogens with two attached hydrogens (primary N) is 1. The van der Waals surface area contributed by atoms with Crippen molar-refractivity contribution in [2.24, 2.45) is 11.1 Å². The van der Waals surface area contributed by atoms with Crippen LogP contribution in [0, 0.1) is 5.41 Å². The second kappa shape index (κ2) is 4.77. The average Bonchev–Trinajstić information content (AvgIpc) is 2.60. The van der Waals surface area contributed by atoms with E-state index in [1.165, 1.54) is 0 Å². The Morgan fingerprint density at radius 1 is 1.65 bits per heavy atom. The first-order valence-corrected chi connectivity index (χ1v) is 6.01. The third-order valence-electron chi connectivity index (χ3n) is 3.41. The Morgan fingerprint density at radius 3 is 3.00 bits per heavy atom. The number of carbonyl (C=O) groups excluding carboxylic acids is 1. The van der Waals surface area contributed by atoms with Crippen LogP contribution in [0.4, 0.5) is 0 Å². The molecule has 2 atom stereocenters. The van der Waals surface area contributed by atoms with Gasteiger partial charge in [0.2, 0.25) is 0 Å². The summed E-state index contributed by atoms with van der Waals surface area (Å²) in [6.07, 6.45) is 0.355. The van der Waals surface area contributed by atoms with Crippen LogP contribution in [-0.4, -0.2) is 25.0 Å². The molecule has 0 aliphatic carbocycles. The Kier molecular flexibility index (Phi) is 3.52. The largest absolute Gasteiger partial charge is 0.379 e. The molecule has 2 N–H and O–H groups in total. The summed E-state index contributed by atoms with van der Waals surface area (Å²) >= 11 is 5.89. The van der Waals surface area contributed by atoms with Crippen molar-refractivity contribution in [3.05, 3.63) is 34.9 Å². The molecule has 4 heteroatoms. The Morgan fingerprint density at radius 2 is 2.41 bits per heavy atom. The lowest BCUT2D eigenvalue weighted by molar-refractivity contribution is -0.127. The van der Waals surface area contributed by atoms with Crippen LogP contribution in [0.25, 0.3) is 0 Å². The molecule has 92 valence electrons. The maximum atomic E-state index is 12.3. The molecule has 0 spiro atoms. The SMILES string of the molecule is CC1(C(=O)Cc2cccc(Cl)c2)COCC1N. The number of hydrogen-bond acceptors (Lipinski definition) is 3. The number of Topliss-reactive ketones (excluding diaryl/α,β-unsaturated/α-hetero) is 1. The van der Waals surface area contributed by atoms with Gasteiger partial charge in [-0.3, -0.25) is 4.79 Å². The molecule has 0 aromatic heterocycles. The Balaban J connectivity index is 2.12. The van der Waals surface area contributed by atoms with E-state index in [0.29, 0.717) is 24.7 Å². The Bertz CT molecular complexity index is 435. The summed E-state index contributed by atoms with van der Waals surface area (Å²) < 4.78 is 5.28. The highest BCUT2D eigenvalue weighted by Gasteiger charge is 2.43. The first-order chi connectivity index (χ1) is 8.02. The highest BCUT2D eigenvalue weighted by atomic mass is 35.5. The molecule has 0 amide bonds. The number of rotatable bonds is 3. The third-order valence-corrected chi connectivity index (χ3v) is 3.64. The van der Waals surface area contributed by atoms with Crippen molar-refractivity contribution in [3.63, 3.8) is 0 Å². The molecule has 2 rings (SSSR count). The van der Waals surface area contributed by atoms with Crippen LogP contribution < -0.4 is 5.73 Å². The molecule has 2 unspecified atom stereocenters. The van der Waals surface area contributed by atoms with Crippen LogP contribution in [0.3, 0.4) is 0 Å². The summed E-state index contributed by atoms with van der Waals surface area (Å²) in [5, 5.41) is 0.646. The second-order valence-corrected chi connectivity index (χ2v) is 5.21. The third kappa shape index (κ3) is 2.51. The van der Waals surface area contributed by atoms with Crippen LogP contribution in [0.2, 0.25) is 5.02 Å². The summed E-state index contributed by atoms with van der Waals surface area (Å²) in [6, 6.07) is 7.13. The lowest BCUT2D eigenvalue weighted by Crippen LogP contribution is -2.45. The molecule has 1 aliphatic heterocycles. The van der Waals surface area contributed by atoms with Gasteiger partial charge in [0.15, 0.2) is 0 Å². The lowest BCUT2D eigenvalue weighted by Gasteiger charge is -2.25. The molecule has 1 fully saturated rings. The van der Waals surface area contributed by atoms with Gasteiger partial charge in [-0.15, -0.1) is 0 Å². The number of hydrogen-bond donors (Lipinski definition) is 1. The van der Waals surface area contributed by atoms with Crippen molar-refractivity contribution in [2.75, 3.05) is 13.2 Å². The van der Waals surface area contributed by atoms with E-state index < -0.39 is 5.41 Å². The van der Waals surface area contributed by atoms with Crippen molar-refractivity contribution < 1.29 is 9.53 Å². The predicted molar refractivity (Wildman–Crippen MR) is 67.1 cm³/mol. The van der Waals surface area contributed by atoms with Crippen molar-refractivity contribution in [3.8, 4) is 0 Å². The quantitative estimate of drug-likeness (QED) is 0.894. The molecule has 1 aromatic rings. The Labute approximate surface area is 106 Å². The second-order valence-electron chi connectivity index (χ2n) is 4.77. The molecule has 1 aliphatic rings. The average molecular weight is 254 g/mol. The highest BCUT2D eigenvalue weighted by molar-refractivity contribution is 6.30. The molecule has 1 saturated heterocycles. The van der Waals surface area contributed by atoms with Crippen LogP contribution in [0.5, 0.6) is 0 Å². The summed E-state index contributed by atoms with van der Waals surface area (Å²) in [6.45, 7) is 2.74. The maximum Gasteiger partial charge on any atom is 0.147 e. The van der Waals surface area contributed by atoms with E-state index in [9.17, 15) is 4.79 Å². The van der Waals surface area contributed by atoms with Gasteiger partial charge in [-0.2, -0.15) is 0 Å². The summed E-state index contributed by atoms with van der Waals surface area (Å²) in [4.78, 5) is 12.3. The molecule has 0 bridgehead atoms. The van der Waals surface area contributed by atoms with Gasteiger partial charge in [0.05, 0.1) is 18.6 Å². The fourth-order valence-corrected chi connectivity index (χ4v) is 2.22. The Hall–Kier alpha value is -0.900. The van der Waals surface area contributed by atoms with Gasteiger partial charge in [-0.25, -0.2) is 0 Å². The predicted octanol–water partition coefficient (Wildman–Crippen LogP) is 1.82. The number of carbonyl (C=O) groups is 1. The molecular formula is C13H16ClNO2. The van der Waals surface area contributed by atoms with Crippen LogP contribution in [0.15, 0.2) is 24.3 Å². The summed E-state index contributed by atoms with van der Waals surface area (Å²) in [5.41, 5.74) is 6.28. The molecular weight excluding hydrogens is 238 g/mol. The first kappa shape index (κ1) is 12.6. The lowest BCUT2D eigenvalue weighted by atomic mass is 9.79. The van der Waals surface area contributed by atoms with Gasteiger partial charge in [0.1, 0.15) is 5.78 Å². The number of ketones is 1. The molecule has 0 saturated carbocycles. The van der Waals surface area contributed by atoms with Gasteiger partial charge in [0.25, 0.3) is 0 Å². The van der Waals surface area contributed by atoms with Gasteiger partial charge in [0, 0.05) is 17.5 Å².